The first-order valence-corrected chi connectivity index (χ1v) is 8.83. The van der Waals surface area contributed by atoms with Gasteiger partial charge in [-0.05, 0) is 48.9 Å². The largest absolute Gasteiger partial charge is 0.416 e. The van der Waals surface area contributed by atoms with Gasteiger partial charge in [0, 0.05) is 11.9 Å². The molecule has 148 valence electrons. The van der Waals surface area contributed by atoms with E-state index in [9.17, 15) is 13.2 Å². The van der Waals surface area contributed by atoms with Crippen LogP contribution >= 0.6 is 23.2 Å². The lowest BCUT2D eigenvalue weighted by atomic mass is 10.2. The number of hydrogen-bond donors (Lipinski definition) is 1. The number of alkyl halides is 3. The predicted octanol–water partition coefficient (Wildman–Crippen LogP) is 4.98. The number of rotatable bonds is 3. The summed E-state index contributed by atoms with van der Waals surface area (Å²) in [5.74, 6) is 0.747. The first-order valence-electron chi connectivity index (χ1n) is 8.07. The van der Waals surface area contributed by atoms with Crippen LogP contribution in [-0.2, 0) is 6.18 Å². The number of aryl methyl sites for hydroxylation is 1. The molecule has 0 atom stereocenters. The highest BCUT2D eigenvalue weighted by Crippen LogP contribution is 2.30. The van der Waals surface area contributed by atoms with Gasteiger partial charge in [0.05, 0.1) is 16.1 Å². The minimum absolute atomic E-state index is 0.0518. The third-order valence-electron chi connectivity index (χ3n) is 3.91. The molecule has 3 aromatic heterocycles. The Bertz CT molecular complexity index is 1210. The van der Waals surface area contributed by atoms with E-state index < -0.39 is 11.7 Å². The number of pyridine rings is 1. The van der Waals surface area contributed by atoms with Crippen LogP contribution < -0.4 is 5.32 Å². The predicted molar refractivity (Wildman–Crippen MR) is 102 cm³/mol. The summed E-state index contributed by atoms with van der Waals surface area (Å²) in [6.45, 7) is 1.73. The lowest BCUT2D eigenvalue weighted by Gasteiger charge is -2.10. The van der Waals surface area contributed by atoms with Gasteiger partial charge < -0.3 is 5.32 Å². The highest BCUT2D eigenvalue weighted by atomic mass is 35.5. The molecule has 0 aliphatic heterocycles. The van der Waals surface area contributed by atoms with Gasteiger partial charge in [-0.3, -0.25) is 4.57 Å². The number of nitrogens with zero attached hydrogens (tertiary/aromatic N) is 6. The second-order valence-electron chi connectivity index (χ2n) is 5.92. The van der Waals surface area contributed by atoms with Crippen molar-refractivity contribution < 1.29 is 13.2 Å². The van der Waals surface area contributed by atoms with Crippen molar-refractivity contribution in [2.45, 2.75) is 13.1 Å². The molecule has 0 saturated heterocycles. The fourth-order valence-electron chi connectivity index (χ4n) is 2.67. The van der Waals surface area contributed by atoms with Crippen LogP contribution in [0.3, 0.4) is 0 Å². The molecule has 0 bridgehead atoms. The van der Waals surface area contributed by atoms with Gasteiger partial charge in [0.1, 0.15) is 5.82 Å². The minimum Gasteiger partial charge on any atom is -0.324 e. The summed E-state index contributed by atoms with van der Waals surface area (Å²) in [4.78, 5) is 20.9. The van der Waals surface area contributed by atoms with Crippen molar-refractivity contribution in [3.05, 3.63) is 58.2 Å². The number of benzene rings is 1. The third-order valence-corrected chi connectivity index (χ3v) is 4.29. The molecule has 12 heteroatoms. The van der Waals surface area contributed by atoms with Crippen molar-refractivity contribution >= 4 is 46.0 Å². The summed E-state index contributed by atoms with van der Waals surface area (Å²) in [5.41, 5.74) is 0.601. The summed E-state index contributed by atoms with van der Waals surface area (Å²) in [6.07, 6.45) is -2.95. The van der Waals surface area contributed by atoms with Crippen LogP contribution in [0.2, 0.25) is 10.3 Å². The molecule has 1 N–H and O–H groups in total. The molecule has 3 heterocycles. The Balaban J connectivity index is 1.72. The van der Waals surface area contributed by atoms with Crippen molar-refractivity contribution in [1.29, 1.82) is 0 Å². The zero-order valence-electron chi connectivity index (χ0n) is 14.5. The van der Waals surface area contributed by atoms with Gasteiger partial charge in [0.2, 0.25) is 17.2 Å². The van der Waals surface area contributed by atoms with Crippen LogP contribution in [0.4, 0.5) is 24.8 Å². The molecule has 0 saturated carbocycles. The van der Waals surface area contributed by atoms with Crippen molar-refractivity contribution in [3.8, 4) is 5.95 Å². The Morgan fingerprint density at radius 3 is 2.41 bits per heavy atom. The van der Waals surface area contributed by atoms with E-state index in [1.54, 1.807) is 17.6 Å². The summed E-state index contributed by atoms with van der Waals surface area (Å²) in [5, 5.41) is 3.11. The lowest BCUT2D eigenvalue weighted by Crippen LogP contribution is -2.08. The van der Waals surface area contributed by atoms with E-state index in [2.05, 4.69) is 30.2 Å². The molecule has 0 aliphatic carbocycles. The second kappa shape index (κ2) is 7.12. The zero-order chi connectivity index (χ0) is 20.8. The molecule has 0 aliphatic rings. The van der Waals surface area contributed by atoms with Crippen molar-refractivity contribution in [2.24, 2.45) is 0 Å². The number of halogens is 5. The molecule has 4 rings (SSSR count). The standard InChI is InChI=1S/C17H10Cl2F3N7/c1-8-24-13-12(6-10(18)7-23-13)29(8)16-27-14(19)26-15(28-16)25-11-4-2-9(3-5-11)17(20,21)22/h2-7H,1H3,(H,25,26,27,28). The molecule has 4 aromatic rings. The number of aromatic nitrogens is 6. The summed E-state index contributed by atoms with van der Waals surface area (Å²) < 4.78 is 39.7. The zero-order valence-corrected chi connectivity index (χ0v) is 16.0. The second-order valence-corrected chi connectivity index (χ2v) is 6.69. The first kappa shape index (κ1) is 19.3. The maximum atomic E-state index is 12.7. The number of hydrogen-bond acceptors (Lipinski definition) is 6. The Kier molecular flexibility index (Phi) is 4.75. The summed E-state index contributed by atoms with van der Waals surface area (Å²) >= 11 is 12.1. The smallest absolute Gasteiger partial charge is 0.324 e. The van der Waals surface area contributed by atoms with Crippen LogP contribution in [0.5, 0.6) is 0 Å². The topological polar surface area (TPSA) is 81.4 Å². The fourth-order valence-corrected chi connectivity index (χ4v) is 2.98. The van der Waals surface area contributed by atoms with Crippen LogP contribution in [0.25, 0.3) is 17.1 Å². The molecule has 0 amide bonds. The minimum atomic E-state index is -4.42. The Hall–Kier alpha value is -2.98. The number of imidazole rings is 1. The molecular weight excluding hydrogens is 430 g/mol. The molecule has 29 heavy (non-hydrogen) atoms. The van der Waals surface area contributed by atoms with Gasteiger partial charge in [-0.25, -0.2) is 9.97 Å². The van der Waals surface area contributed by atoms with Crippen molar-refractivity contribution in [3.63, 3.8) is 0 Å². The monoisotopic (exact) mass is 439 g/mol. The highest BCUT2D eigenvalue weighted by molar-refractivity contribution is 6.31. The van der Waals surface area contributed by atoms with Crippen LogP contribution in [-0.4, -0.2) is 29.5 Å². The van der Waals surface area contributed by atoms with Gasteiger partial charge in [0.25, 0.3) is 0 Å². The van der Waals surface area contributed by atoms with E-state index in [0.717, 1.165) is 12.1 Å². The van der Waals surface area contributed by atoms with Gasteiger partial charge in [-0.1, -0.05) is 11.6 Å². The Labute approximate surface area is 171 Å². The van der Waals surface area contributed by atoms with Crippen molar-refractivity contribution in [1.82, 2.24) is 29.5 Å². The van der Waals surface area contributed by atoms with Gasteiger partial charge in [0.15, 0.2) is 5.65 Å². The van der Waals surface area contributed by atoms with Crippen LogP contribution in [0.1, 0.15) is 11.4 Å². The first-order chi connectivity index (χ1) is 13.7. The number of nitrogens with one attached hydrogen (secondary N) is 1. The molecule has 1 aromatic carbocycles. The molecular formula is C17H10Cl2F3N7. The lowest BCUT2D eigenvalue weighted by molar-refractivity contribution is -0.137. The average Bonchev–Trinajstić information content (AvgIpc) is 2.96. The maximum Gasteiger partial charge on any atom is 0.416 e. The maximum absolute atomic E-state index is 12.7. The molecule has 0 spiro atoms. The SMILES string of the molecule is Cc1nc2ncc(Cl)cc2n1-c1nc(Cl)nc(Nc2ccc(C(F)(F)F)cc2)n1. The van der Waals surface area contributed by atoms with Gasteiger partial charge in [-0.2, -0.15) is 28.1 Å². The number of anilines is 2. The van der Waals surface area contributed by atoms with E-state index in [4.69, 9.17) is 23.2 Å². The number of fused-ring (bicyclic) bond motifs is 1. The van der Waals surface area contributed by atoms with Crippen molar-refractivity contribution in [2.75, 3.05) is 5.32 Å². The molecule has 0 unspecified atom stereocenters. The van der Waals surface area contributed by atoms with E-state index >= 15 is 0 Å². The van der Waals surface area contributed by atoms with Gasteiger partial charge in [-0.15, -0.1) is 0 Å². The summed E-state index contributed by atoms with van der Waals surface area (Å²) in [6, 6.07) is 6.09. The van der Waals surface area contributed by atoms with E-state index in [1.165, 1.54) is 18.3 Å². The van der Waals surface area contributed by atoms with Crippen LogP contribution in [0, 0.1) is 6.92 Å². The van der Waals surface area contributed by atoms with Crippen LogP contribution in [0.15, 0.2) is 36.5 Å². The molecule has 0 radical (unpaired) electrons. The van der Waals surface area contributed by atoms with E-state index in [-0.39, 0.29) is 17.2 Å². The Morgan fingerprint density at radius 1 is 1.00 bits per heavy atom. The van der Waals surface area contributed by atoms with E-state index in [1.807, 2.05) is 0 Å². The van der Waals surface area contributed by atoms with E-state index in [0.29, 0.717) is 27.7 Å². The molecule has 7 nitrogen and oxygen atoms in total. The fraction of sp³-hybridized carbons (Fsp3) is 0.118. The normalized spacial score (nSPS) is 11.8. The quantitative estimate of drug-likeness (QED) is 0.484. The molecule has 0 fully saturated rings. The average molecular weight is 440 g/mol. The Morgan fingerprint density at radius 2 is 1.72 bits per heavy atom. The summed E-state index contributed by atoms with van der Waals surface area (Å²) in [7, 11) is 0. The van der Waals surface area contributed by atoms with Gasteiger partial charge >= 0.3 is 6.18 Å². The highest BCUT2D eigenvalue weighted by Gasteiger charge is 2.30. The third kappa shape index (κ3) is 3.94.